The van der Waals surface area contributed by atoms with Gasteiger partial charge in [0, 0.05) is 51.1 Å². The fraction of sp³-hybridized carbons (Fsp3) is 0.278. The number of pyridine rings is 2. The van der Waals surface area contributed by atoms with Gasteiger partial charge in [0.2, 0.25) is 11.7 Å². The highest BCUT2D eigenvalue weighted by Crippen LogP contribution is 2.19. The Bertz CT molecular complexity index is 1000. The summed E-state index contributed by atoms with van der Waals surface area (Å²) in [6.07, 6.45) is 3.23. The summed E-state index contributed by atoms with van der Waals surface area (Å²) < 4.78 is 4.98. The van der Waals surface area contributed by atoms with Gasteiger partial charge in [-0.15, -0.1) is 0 Å². The van der Waals surface area contributed by atoms with Gasteiger partial charge >= 0.3 is 0 Å². The molecule has 0 atom stereocenters. The first-order valence-electron chi connectivity index (χ1n) is 8.60. The fourth-order valence-corrected chi connectivity index (χ4v) is 3.02. The number of nitrogens with one attached hydrogen (secondary N) is 1. The predicted octanol–water partition coefficient (Wildman–Crippen LogP) is 1.09. The first-order chi connectivity index (χ1) is 13.1. The maximum Gasteiger partial charge on any atom is 0.260 e. The molecule has 1 amide bonds. The van der Waals surface area contributed by atoms with Crippen LogP contribution in [0.2, 0.25) is 0 Å². The van der Waals surface area contributed by atoms with E-state index in [0.717, 1.165) is 11.4 Å². The van der Waals surface area contributed by atoms with Crippen LogP contribution in [0.1, 0.15) is 16.2 Å². The Morgan fingerprint density at radius 3 is 2.63 bits per heavy atom. The van der Waals surface area contributed by atoms with Crippen molar-refractivity contribution in [2.75, 3.05) is 31.1 Å². The van der Waals surface area contributed by atoms with Crippen molar-refractivity contribution < 1.29 is 9.32 Å². The van der Waals surface area contributed by atoms with Gasteiger partial charge in [-0.1, -0.05) is 5.16 Å². The van der Waals surface area contributed by atoms with E-state index in [1.165, 1.54) is 6.20 Å². The van der Waals surface area contributed by atoms with Gasteiger partial charge < -0.3 is 19.3 Å². The number of hydrogen-bond acceptors (Lipinski definition) is 7. The number of rotatable bonds is 3. The summed E-state index contributed by atoms with van der Waals surface area (Å²) in [4.78, 5) is 39.3. The molecule has 1 aliphatic rings. The normalized spacial score (nSPS) is 14.4. The van der Waals surface area contributed by atoms with Crippen molar-refractivity contribution in [3.8, 4) is 11.4 Å². The summed E-state index contributed by atoms with van der Waals surface area (Å²) in [5, 5.41) is 3.88. The van der Waals surface area contributed by atoms with Crippen LogP contribution in [0.15, 0.2) is 46.0 Å². The zero-order valence-electron chi connectivity index (χ0n) is 14.8. The molecule has 3 aromatic heterocycles. The molecule has 27 heavy (non-hydrogen) atoms. The first kappa shape index (κ1) is 17.0. The average Bonchev–Trinajstić information content (AvgIpc) is 3.14. The number of amides is 1. The molecule has 0 aromatic carbocycles. The van der Waals surface area contributed by atoms with Crippen molar-refractivity contribution in [2.45, 2.75) is 6.92 Å². The number of aryl methyl sites for hydroxylation is 1. The van der Waals surface area contributed by atoms with E-state index in [4.69, 9.17) is 4.52 Å². The van der Waals surface area contributed by atoms with Crippen LogP contribution in [0.25, 0.3) is 11.4 Å². The van der Waals surface area contributed by atoms with Crippen LogP contribution >= 0.6 is 0 Å². The second kappa shape index (κ2) is 7.02. The monoisotopic (exact) mass is 366 g/mol. The molecule has 1 aliphatic heterocycles. The van der Waals surface area contributed by atoms with E-state index in [0.29, 0.717) is 37.9 Å². The minimum atomic E-state index is -0.362. The van der Waals surface area contributed by atoms with Crippen molar-refractivity contribution in [1.29, 1.82) is 0 Å². The number of carbonyl (C=O) groups is 1. The van der Waals surface area contributed by atoms with Gasteiger partial charge in [0.15, 0.2) is 0 Å². The largest absolute Gasteiger partial charge is 0.353 e. The van der Waals surface area contributed by atoms with E-state index in [9.17, 15) is 9.59 Å². The van der Waals surface area contributed by atoms with E-state index in [1.54, 1.807) is 30.2 Å². The van der Waals surface area contributed by atoms with Crippen molar-refractivity contribution in [1.82, 2.24) is 25.0 Å². The van der Waals surface area contributed by atoms with E-state index in [1.807, 2.05) is 12.1 Å². The summed E-state index contributed by atoms with van der Waals surface area (Å²) in [6, 6.07) is 7.00. The molecule has 0 bridgehead atoms. The molecule has 0 radical (unpaired) electrons. The Labute approximate surface area is 154 Å². The molecule has 1 fully saturated rings. The molecule has 0 aliphatic carbocycles. The van der Waals surface area contributed by atoms with E-state index < -0.39 is 0 Å². The van der Waals surface area contributed by atoms with Crippen molar-refractivity contribution >= 4 is 11.7 Å². The third-order valence-corrected chi connectivity index (χ3v) is 4.47. The SMILES string of the molecule is Cc1nc(-c2ccc(N3CCN(C(=O)c4ccc[nH]c4=O)CC3)nc2)no1. The third-order valence-electron chi connectivity index (χ3n) is 4.47. The van der Waals surface area contributed by atoms with Crippen LogP contribution in [-0.4, -0.2) is 57.1 Å². The number of hydrogen-bond donors (Lipinski definition) is 1. The number of aromatic nitrogens is 4. The zero-order chi connectivity index (χ0) is 18.8. The Kier molecular flexibility index (Phi) is 4.41. The minimum absolute atomic E-state index is 0.170. The average molecular weight is 366 g/mol. The fourth-order valence-electron chi connectivity index (χ4n) is 3.02. The molecule has 0 unspecified atom stereocenters. The first-order valence-corrected chi connectivity index (χ1v) is 8.60. The van der Waals surface area contributed by atoms with Crippen LogP contribution < -0.4 is 10.5 Å². The molecule has 1 N–H and O–H groups in total. The molecule has 9 heteroatoms. The number of aromatic amines is 1. The third kappa shape index (κ3) is 3.43. The standard InChI is InChI=1S/C18H18N6O3/c1-12-21-16(22-27-12)13-4-5-15(20-11-13)23-7-9-24(10-8-23)18(26)14-3-2-6-19-17(14)25/h2-6,11H,7-10H2,1H3,(H,19,25). The molecule has 4 rings (SSSR count). The van der Waals surface area contributed by atoms with Crippen LogP contribution in [-0.2, 0) is 0 Å². The summed E-state index contributed by atoms with van der Waals surface area (Å²) in [5.74, 6) is 1.60. The number of nitrogens with zero attached hydrogens (tertiary/aromatic N) is 5. The molecule has 3 aromatic rings. The van der Waals surface area contributed by atoms with Gasteiger partial charge in [-0.05, 0) is 24.3 Å². The van der Waals surface area contributed by atoms with Crippen molar-refractivity contribution in [3.63, 3.8) is 0 Å². The molecule has 9 nitrogen and oxygen atoms in total. The number of H-pyrrole nitrogens is 1. The number of piperazine rings is 1. The topological polar surface area (TPSA) is 108 Å². The zero-order valence-corrected chi connectivity index (χ0v) is 14.8. The maximum absolute atomic E-state index is 12.5. The molecular formula is C18H18N6O3. The molecule has 138 valence electrons. The lowest BCUT2D eigenvalue weighted by atomic mass is 10.2. The summed E-state index contributed by atoms with van der Waals surface area (Å²) in [6.45, 7) is 4.08. The van der Waals surface area contributed by atoms with Gasteiger partial charge in [0.05, 0.1) is 0 Å². The van der Waals surface area contributed by atoms with Crippen molar-refractivity contribution in [3.05, 3.63) is 58.5 Å². The molecule has 0 spiro atoms. The van der Waals surface area contributed by atoms with Gasteiger partial charge in [-0.2, -0.15) is 4.98 Å². The highest BCUT2D eigenvalue weighted by atomic mass is 16.5. The highest BCUT2D eigenvalue weighted by Gasteiger charge is 2.24. The van der Waals surface area contributed by atoms with Crippen molar-refractivity contribution in [2.24, 2.45) is 0 Å². The number of anilines is 1. The molecule has 0 saturated carbocycles. The van der Waals surface area contributed by atoms with Gasteiger partial charge in [0.25, 0.3) is 11.5 Å². The minimum Gasteiger partial charge on any atom is -0.353 e. The van der Waals surface area contributed by atoms with Crippen LogP contribution in [0, 0.1) is 6.92 Å². The lowest BCUT2D eigenvalue weighted by Gasteiger charge is -2.35. The Balaban J connectivity index is 1.41. The number of carbonyl (C=O) groups excluding carboxylic acids is 1. The van der Waals surface area contributed by atoms with E-state index in [2.05, 4.69) is 25.0 Å². The lowest BCUT2D eigenvalue weighted by Crippen LogP contribution is -2.49. The molecule has 1 saturated heterocycles. The van der Waals surface area contributed by atoms with E-state index in [-0.39, 0.29) is 17.0 Å². The van der Waals surface area contributed by atoms with Crippen LogP contribution in [0.5, 0.6) is 0 Å². The van der Waals surface area contributed by atoms with Crippen LogP contribution in [0.4, 0.5) is 5.82 Å². The van der Waals surface area contributed by atoms with Crippen LogP contribution in [0.3, 0.4) is 0 Å². The smallest absolute Gasteiger partial charge is 0.260 e. The summed E-state index contributed by atoms with van der Waals surface area (Å²) in [7, 11) is 0. The lowest BCUT2D eigenvalue weighted by molar-refractivity contribution is 0.0744. The van der Waals surface area contributed by atoms with Gasteiger partial charge in [0.1, 0.15) is 11.4 Å². The van der Waals surface area contributed by atoms with Gasteiger partial charge in [-0.3, -0.25) is 9.59 Å². The highest BCUT2D eigenvalue weighted by molar-refractivity contribution is 5.94. The second-order valence-corrected chi connectivity index (χ2v) is 6.23. The summed E-state index contributed by atoms with van der Waals surface area (Å²) in [5.41, 5.74) is 0.593. The quantitative estimate of drug-likeness (QED) is 0.739. The Morgan fingerprint density at radius 2 is 2.00 bits per heavy atom. The van der Waals surface area contributed by atoms with E-state index >= 15 is 0 Å². The molecule has 4 heterocycles. The predicted molar refractivity (Wildman–Crippen MR) is 97.4 cm³/mol. The Morgan fingerprint density at radius 1 is 1.19 bits per heavy atom. The Hall–Kier alpha value is -3.49. The maximum atomic E-state index is 12.5. The molecular weight excluding hydrogens is 348 g/mol. The summed E-state index contributed by atoms with van der Waals surface area (Å²) >= 11 is 0. The van der Waals surface area contributed by atoms with Gasteiger partial charge in [-0.25, -0.2) is 4.98 Å². The second-order valence-electron chi connectivity index (χ2n) is 6.23.